The number of para-hydroxylation sites is 1. The summed E-state index contributed by atoms with van der Waals surface area (Å²) >= 11 is 0. The van der Waals surface area contributed by atoms with Crippen LogP contribution in [0.4, 0.5) is 5.69 Å². The SMILES string of the molecule is Cc1nn(-c2ccccc2)c(C)c1/C=C/C(=O)OCc1ccc([N+](=O)[O-])cc1. The maximum Gasteiger partial charge on any atom is 0.331 e. The zero-order valence-corrected chi connectivity index (χ0v) is 15.5. The molecule has 1 aromatic heterocycles. The third-order valence-corrected chi connectivity index (χ3v) is 4.26. The number of carbonyl (C=O) groups is 1. The molecule has 3 rings (SSSR count). The van der Waals surface area contributed by atoms with Gasteiger partial charge in [-0.05, 0) is 49.8 Å². The third kappa shape index (κ3) is 4.32. The van der Waals surface area contributed by atoms with E-state index < -0.39 is 10.9 Å². The molecular formula is C21H19N3O4. The molecule has 1 heterocycles. The summed E-state index contributed by atoms with van der Waals surface area (Å²) in [6.07, 6.45) is 3.05. The van der Waals surface area contributed by atoms with Crippen molar-refractivity contribution in [3.8, 4) is 5.69 Å². The zero-order valence-electron chi connectivity index (χ0n) is 15.5. The first-order valence-electron chi connectivity index (χ1n) is 8.65. The molecule has 0 unspecified atom stereocenters. The van der Waals surface area contributed by atoms with E-state index in [1.165, 1.54) is 18.2 Å². The van der Waals surface area contributed by atoms with Crippen molar-refractivity contribution in [2.45, 2.75) is 20.5 Å². The molecule has 0 saturated heterocycles. The predicted molar refractivity (Wildman–Crippen MR) is 105 cm³/mol. The lowest BCUT2D eigenvalue weighted by molar-refractivity contribution is -0.384. The summed E-state index contributed by atoms with van der Waals surface area (Å²) in [6.45, 7) is 3.87. The molecular weight excluding hydrogens is 358 g/mol. The third-order valence-electron chi connectivity index (χ3n) is 4.26. The molecule has 3 aromatic rings. The van der Waals surface area contributed by atoms with Crippen LogP contribution < -0.4 is 0 Å². The van der Waals surface area contributed by atoms with Crippen LogP contribution in [-0.2, 0) is 16.1 Å². The lowest BCUT2D eigenvalue weighted by Crippen LogP contribution is -2.01. The van der Waals surface area contributed by atoms with Gasteiger partial charge in [0.25, 0.3) is 5.69 Å². The van der Waals surface area contributed by atoms with Gasteiger partial charge in [0.05, 0.1) is 16.3 Å². The van der Waals surface area contributed by atoms with Crippen LogP contribution in [0.3, 0.4) is 0 Å². The molecule has 0 atom stereocenters. The highest BCUT2D eigenvalue weighted by atomic mass is 16.6. The molecule has 0 amide bonds. The van der Waals surface area contributed by atoms with E-state index in [0.717, 1.165) is 22.6 Å². The van der Waals surface area contributed by atoms with Crippen LogP contribution in [0.5, 0.6) is 0 Å². The van der Waals surface area contributed by atoms with Gasteiger partial charge in [0.15, 0.2) is 0 Å². The smallest absolute Gasteiger partial charge is 0.331 e. The zero-order chi connectivity index (χ0) is 20.1. The molecule has 0 aliphatic rings. The minimum absolute atomic E-state index is 0.00338. The molecule has 7 heteroatoms. The number of benzene rings is 2. The van der Waals surface area contributed by atoms with E-state index in [1.807, 2.05) is 48.9 Å². The number of nitro groups is 1. The quantitative estimate of drug-likeness (QED) is 0.279. The van der Waals surface area contributed by atoms with Crippen LogP contribution in [-0.4, -0.2) is 20.7 Å². The number of esters is 1. The maximum absolute atomic E-state index is 12.0. The van der Waals surface area contributed by atoms with Gasteiger partial charge >= 0.3 is 5.97 Å². The van der Waals surface area contributed by atoms with Gasteiger partial charge in [-0.1, -0.05) is 18.2 Å². The Labute approximate surface area is 162 Å². The second kappa shape index (κ2) is 8.30. The Morgan fingerprint density at radius 1 is 1.14 bits per heavy atom. The van der Waals surface area contributed by atoms with E-state index >= 15 is 0 Å². The second-order valence-electron chi connectivity index (χ2n) is 6.20. The normalized spacial score (nSPS) is 10.9. The van der Waals surface area contributed by atoms with Gasteiger partial charge in [-0.3, -0.25) is 10.1 Å². The molecule has 28 heavy (non-hydrogen) atoms. The number of hydrogen-bond acceptors (Lipinski definition) is 5. The molecule has 0 aliphatic heterocycles. The highest BCUT2D eigenvalue weighted by Crippen LogP contribution is 2.19. The van der Waals surface area contributed by atoms with Crippen LogP contribution in [0.25, 0.3) is 11.8 Å². The fourth-order valence-corrected chi connectivity index (χ4v) is 2.78. The van der Waals surface area contributed by atoms with Crippen molar-refractivity contribution in [2.24, 2.45) is 0 Å². The van der Waals surface area contributed by atoms with Gasteiger partial charge in [-0.25, -0.2) is 9.48 Å². The molecule has 0 saturated carbocycles. The van der Waals surface area contributed by atoms with Crippen LogP contribution in [0.2, 0.25) is 0 Å². The monoisotopic (exact) mass is 377 g/mol. The maximum atomic E-state index is 12.0. The van der Waals surface area contributed by atoms with Crippen LogP contribution in [0.15, 0.2) is 60.7 Å². The summed E-state index contributed by atoms with van der Waals surface area (Å²) in [6, 6.07) is 15.6. The molecule has 0 aliphatic carbocycles. The Hall–Kier alpha value is -3.74. The largest absolute Gasteiger partial charge is 0.458 e. The van der Waals surface area contributed by atoms with Gasteiger partial charge in [0.1, 0.15) is 6.61 Å². The van der Waals surface area contributed by atoms with Crippen LogP contribution in [0.1, 0.15) is 22.5 Å². The standard InChI is InChI=1S/C21H19N3O4/c1-15-20(16(2)23(22-15)18-6-4-3-5-7-18)12-13-21(25)28-14-17-8-10-19(11-9-17)24(26)27/h3-13H,14H2,1-2H3/b13-12+. The van der Waals surface area contributed by atoms with E-state index in [2.05, 4.69) is 5.10 Å². The lowest BCUT2D eigenvalue weighted by atomic mass is 10.2. The fraction of sp³-hybridized carbons (Fsp3) is 0.143. The summed E-state index contributed by atoms with van der Waals surface area (Å²) in [5.74, 6) is -0.496. The molecule has 0 spiro atoms. The molecule has 2 aromatic carbocycles. The van der Waals surface area contributed by atoms with Gasteiger partial charge in [-0.15, -0.1) is 0 Å². The summed E-state index contributed by atoms with van der Waals surface area (Å²) in [5, 5.41) is 15.2. The summed E-state index contributed by atoms with van der Waals surface area (Å²) in [7, 11) is 0. The Balaban J connectivity index is 1.66. The highest BCUT2D eigenvalue weighted by molar-refractivity contribution is 5.87. The number of nitro benzene ring substituents is 1. The molecule has 0 bridgehead atoms. The van der Waals surface area contributed by atoms with Gasteiger partial charge in [0, 0.05) is 29.5 Å². The van der Waals surface area contributed by atoms with Gasteiger partial charge in [0.2, 0.25) is 0 Å². The number of nitrogens with zero attached hydrogens (tertiary/aromatic N) is 3. The predicted octanol–water partition coefficient (Wildman–Crippen LogP) is 4.15. The van der Waals surface area contributed by atoms with Crippen LogP contribution >= 0.6 is 0 Å². The molecule has 0 N–H and O–H groups in total. The second-order valence-corrected chi connectivity index (χ2v) is 6.20. The van der Waals surface area contributed by atoms with Crippen molar-refractivity contribution in [2.75, 3.05) is 0 Å². The molecule has 0 radical (unpaired) electrons. The summed E-state index contributed by atoms with van der Waals surface area (Å²) in [5.41, 5.74) is 4.21. The highest BCUT2D eigenvalue weighted by Gasteiger charge is 2.11. The average molecular weight is 377 g/mol. The van der Waals surface area contributed by atoms with Crippen molar-refractivity contribution in [3.05, 3.63) is 93.3 Å². The number of aryl methyl sites for hydroxylation is 1. The van der Waals surface area contributed by atoms with E-state index in [1.54, 1.807) is 18.2 Å². The summed E-state index contributed by atoms with van der Waals surface area (Å²) < 4.78 is 7.03. The first-order chi connectivity index (χ1) is 13.5. The first kappa shape index (κ1) is 19.0. The molecule has 7 nitrogen and oxygen atoms in total. The number of carbonyl (C=O) groups excluding carboxylic acids is 1. The summed E-state index contributed by atoms with van der Waals surface area (Å²) in [4.78, 5) is 22.2. The van der Waals surface area contributed by atoms with E-state index in [9.17, 15) is 14.9 Å². The lowest BCUT2D eigenvalue weighted by Gasteiger charge is -2.04. The van der Waals surface area contributed by atoms with Crippen molar-refractivity contribution in [1.29, 1.82) is 0 Å². The van der Waals surface area contributed by atoms with Crippen molar-refractivity contribution in [3.63, 3.8) is 0 Å². The van der Waals surface area contributed by atoms with Gasteiger partial charge in [-0.2, -0.15) is 5.10 Å². The molecule has 0 fully saturated rings. The van der Waals surface area contributed by atoms with E-state index in [4.69, 9.17) is 4.74 Å². The van der Waals surface area contributed by atoms with Crippen molar-refractivity contribution < 1.29 is 14.5 Å². The first-order valence-corrected chi connectivity index (χ1v) is 8.65. The Bertz CT molecular complexity index is 1020. The molecule has 142 valence electrons. The average Bonchev–Trinajstić information content (AvgIpc) is 2.99. The Morgan fingerprint density at radius 3 is 2.46 bits per heavy atom. The Morgan fingerprint density at radius 2 is 1.82 bits per heavy atom. The number of ether oxygens (including phenoxy) is 1. The van der Waals surface area contributed by atoms with Crippen molar-refractivity contribution >= 4 is 17.7 Å². The number of aromatic nitrogens is 2. The topological polar surface area (TPSA) is 87.3 Å². The minimum Gasteiger partial charge on any atom is -0.458 e. The van der Waals surface area contributed by atoms with E-state index in [0.29, 0.717) is 5.56 Å². The van der Waals surface area contributed by atoms with E-state index in [-0.39, 0.29) is 12.3 Å². The number of hydrogen-bond donors (Lipinski definition) is 0. The minimum atomic E-state index is -0.496. The number of rotatable bonds is 6. The van der Waals surface area contributed by atoms with Crippen LogP contribution in [0, 0.1) is 24.0 Å². The number of non-ortho nitro benzene ring substituents is 1. The van der Waals surface area contributed by atoms with Gasteiger partial charge < -0.3 is 4.74 Å². The van der Waals surface area contributed by atoms with Crippen molar-refractivity contribution in [1.82, 2.24) is 9.78 Å². The Kier molecular flexibility index (Phi) is 5.64. The fourth-order valence-electron chi connectivity index (χ4n) is 2.78.